The Labute approximate surface area is 144 Å². The van der Waals surface area contributed by atoms with E-state index in [1.165, 1.54) is 0 Å². The fraction of sp³-hybridized carbons (Fsp3) is 0.579. The van der Waals surface area contributed by atoms with E-state index in [0.717, 1.165) is 23.3 Å². The third-order valence-electron chi connectivity index (χ3n) is 4.40. The number of ether oxygens (including phenoxy) is 1. The van der Waals surface area contributed by atoms with E-state index in [1.54, 1.807) is 11.9 Å². The maximum Gasteiger partial charge on any atom is 0.224 e. The number of carbonyl (C=O) groups excluding carboxylic acids is 2. The van der Waals surface area contributed by atoms with Crippen LogP contribution in [0.4, 0.5) is 0 Å². The Morgan fingerprint density at radius 1 is 1.25 bits per heavy atom. The Balaban J connectivity index is 1.63. The summed E-state index contributed by atoms with van der Waals surface area (Å²) in [7, 11) is 1.76. The summed E-state index contributed by atoms with van der Waals surface area (Å²) in [6.45, 7) is 7.52. The van der Waals surface area contributed by atoms with Crippen LogP contribution in [0, 0.1) is 25.7 Å². The lowest BCUT2D eigenvalue weighted by Crippen LogP contribution is -2.34. The van der Waals surface area contributed by atoms with E-state index < -0.39 is 0 Å². The van der Waals surface area contributed by atoms with E-state index in [4.69, 9.17) is 4.74 Å². The number of hydrogen-bond acceptors (Lipinski definition) is 3. The standard InChI is InChI=1S/C19H28N2O3/c1-13-9-14(2)11-16(10-13)24-8-7-21(4)18(22)5-6-20-19(23)17-12-15(17)3/h9-11,15,17H,5-8,12H2,1-4H3,(H,20,23)/t15-,17-/m0/s1. The van der Waals surface area contributed by atoms with Gasteiger partial charge in [-0.05, 0) is 49.4 Å². The summed E-state index contributed by atoms with van der Waals surface area (Å²) < 4.78 is 5.72. The van der Waals surface area contributed by atoms with Crippen molar-refractivity contribution < 1.29 is 14.3 Å². The quantitative estimate of drug-likeness (QED) is 0.795. The zero-order valence-electron chi connectivity index (χ0n) is 15.1. The molecule has 0 heterocycles. The van der Waals surface area contributed by atoms with Gasteiger partial charge in [-0.2, -0.15) is 0 Å². The van der Waals surface area contributed by atoms with Crippen molar-refractivity contribution in [1.82, 2.24) is 10.2 Å². The molecule has 132 valence electrons. The molecule has 0 unspecified atom stereocenters. The second kappa shape index (κ2) is 8.18. The lowest BCUT2D eigenvalue weighted by molar-refractivity contribution is -0.130. The third-order valence-corrected chi connectivity index (χ3v) is 4.40. The lowest BCUT2D eigenvalue weighted by Gasteiger charge is -2.18. The summed E-state index contributed by atoms with van der Waals surface area (Å²) in [6.07, 6.45) is 1.29. The highest BCUT2D eigenvalue weighted by atomic mass is 16.5. The van der Waals surface area contributed by atoms with Gasteiger partial charge in [-0.15, -0.1) is 0 Å². The number of amides is 2. The SMILES string of the molecule is Cc1cc(C)cc(OCCN(C)C(=O)CCNC(=O)[C@H]2C[C@@H]2C)c1. The highest BCUT2D eigenvalue weighted by Gasteiger charge is 2.38. The minimum Gasteiger partial charge on any atom is -0.492 e. The fourth-order valence-electron chi connectivity index (χ4n) is 2.74. The van der Waals surface area contributed by atoms with Crippen LogP contribution in [0.2, 0.25) is 0 Å². The second-order valence-corrected chi connectivity index (χ2v) is 6.85. The Hall–Kier alpha value is -2.04. The molecule has 0 aliphatic heterocycles. The monoisotopic (exact) mass is 332 g/mol. The van der Waals surface area contributed by atoms with Crippen LogP contribution in [0.3, 0.4) is 0 Å². The Bertz CT molecular complexity index is 580. The zero-order valence-corrected chi connectivity index (χ0v) is 15.1. The number of aryl methyl sites for hydroxylation is 2. The highest BCUT2D eigenvalue weighted by Crippen LogP contribution is 2.37. The van der Waals surface area contributed by atoms with Gasteiger partial charge in [0.05, 0.1) is 6.54 Å². The minimum atomic E-state index is 0.0168. The van der Waals surface area contributed by atoms with Gasteiger partial charge in [-0.1, -0.05) is 13.0 Å². The van der Waals surface area contributed by atoms with Crippen LogP contribution in [0.5, 0.6) is 5.75 Å². The molecule has 1 aliphatic carbocycles. The summed E-state index contributed by atoms with van der Waals surface area (Å²) in [4.78, 5) is 25.4. The molecule has 24 heavy (non-hydrogen) atoms. The highest BCUT2D eigenvalue weighted by molar-refractivity contribution is 5.82. The van der Waals surface area contributed by atoms with Crippen molar-refractivity contribution in [1.29, 1.82) is 0 Å². The van der Waals surface area contributed by atoms with Crippen molar-refractivity contribution in [3.63, 3.8) is 0 Å². The first-order chi connectivity index (χ1) is 11.4. The van der Waals surface area contributed by atoms with Crippen LogP contribution in [-0.4, -0.2) is 43.5 Å². The summed E-state index contributed by atoms with van der Waals surface area (Å²) in [6, 6.07) is 6.08. The smallest absolute Gasteiger partial charge is 0.224 e. The molecule has 5 nitrogen and oxygen atoms in total. The average Bonchev–Trinajstić information content (AvgIpc) is 3.23. The fourth-order valence-corrected chi connectivity index (χ4v) is 2.74. The van der Waals surface area contributed by atoms with Crippen molar-refractivity contribution >= 4 is 11.8 Å². The maximum absolute atomic E-state index is 12.0. The maximum atomic E-state index is 12.0. The molecule has 2 rings (SSSR count). The Morgan fingerprint density at radius 2 is 1.88 bits per heavy atom. The molecule has 0 spiro atoms. The van der Waals surface area contributed by atoms with Gasteiger partial charge < -0.3 is 15.0 Å². The molecule has 0 aromatic heterocycles. The largest absolute Gasteiger partial charge is 0.492 e. The number of benzene rings is 1. The normalized spacial score (nSPS) is 18.8. The van der Waals surface area contributed by atoms with E-state index in [0.29, 0.717) is 32.0 Å². The number of nitrogens with one attached hydrogen (secondary N) is 1. The van der Waals surface area contributed by atoms with Crippen LogP contribution in [-0.2, 0) is 9.59 Å². The molecule has 1 aliphatic rings. The molecule has 1 aromatic carbocycles. The first-order valence-electron chi connectivity index (χ1n) is 8.59. The van der Waals surface area contributed by atoms with Gasteiger partial charge in [0.15, 0.2) is 0 Å². The van der Waals surface area contributed by atoms with Gasteiger partial charge in [-0.3, -0.25) is 9.59 Å². The Morgan fingerprint density at radius 3 is 2.46 bits per heavy atom. The van der Waals surface area contributed by atoms with Crippen molar-refractivity contribution in [3.05, 3.63) is 29.3 Å². The number of nitrogens with zero attached hydrogens (tertiary/aromatic N) is 1. The molecule has 1 N–H and O–H groups in total. The molecule has 2 amide bonds. The number of likely N-dealkylation sites (N-methyl/N-ethyl adjacent to an activating group) is 1. The predicted octanol–water partition coefficient (Wildman–Crippen LogP) is 2.30. The van der Waals surface area contributed by atoms with Crippen LogP contribution < -0.4 is 10.1 Å². The molecule has 5 heteroatoms. The van der Waals surface area contributed by atoms with Crippen LogP contribution in [0.25, 0.3) is 0 Å². The van der Waals surface area contributed by atoms with E-state index in [1.807, 2.05) is 26.0 Å². The minimum absolute atomic E-state index is 0.0168. The molecular weight excluding hydrogens is 304 g/mol. The van der Waals surface area contributed by atoms with E-state index in [9.17, 15) is 9.59 Å². The molecule has 1 fully saturated rings. The molecule has 1 aromatic rings. The van der Waals surface area contributed by atoms with E-state index in [-0.39, 0.29) is 17.7 Å². The van der Waals surface area contributed by atoms with Gasteiger partial charge in [0.1, 0.15) is 12.4 Å². The van der Waals surface area contributed by atoms with Crippen molar-refractivity contribution in [2.75, 3.05) is 26.7 Å². The number of carbonyl (C=O) groups is 2. The van der Waals surface area contributed by atoms with E-state index >= 15 is 0 Å². The Kier molecular flexibility index (Phi) is 6.23. The summed E-state index contributed by atoms with van der Waals surface area (Å²) in [5.41, 5.74) is 2.32. The van der Waals surface area contributed by atoms with Crippen molar-refractivity contribution in [2.24, 2.45) is 11.8 Å². The topological polar surface area (TPSA) is 58.6 Å². The average molecular weight is 332 g/mol. The van der Waals surface area contributed by atoms with Gasteiger partial charge in [0, 0.05) is 25.9 Å². The van der Waals surface area contributed by atoms with Gasteiger partial charge in [0.2, 0.25) is 11.8 Å². The lowest BCUT2D eigenvalue weighted by atomic mass is 10.1. The van der Waals surface area contributed by atoms with Crippen LogP contribution in [0.15, 0.2) is 18.2 Å². The summed E-state index contributed by atoms with van der Waals surface area (Å²) in [5.74, 6) is 1.58. The summed E-state index contributed by atoms with van der Waals surface area (Å²) >= 11 is 0. The first-order valence-corrected chi connectivity index (χ1v) is 8.59. The van der Waals surface area contributed by atoms with Crippen LogP contribution in [0.1, 0.15) is 30.9 Å². The number of rotatable bonds is 8. The van der Waals surface area contributed by atoms with Crippen LogP contribution >= 0.6 is 0 Å². The van der Waals surface area contributed by atoms with Gasteiger partial charge in [0.25, 0.3) is 0 Å². The van der Waals surface area contributed by atoms with Crippen molar-refractivity contribution in [2.45, 2.75) is 33.6 Å². The molecule has 2 atom stereocenters. The van der Waals surface area contributed by atoms with Gasteiger partial charge in [-0.25, -0.2) is 0 Å². The predicted molar refractivity (Wildman–Crippen MR) is 93.9 cm³/mol. The number of hydrogen-bond donors (Lipinski definition) is 1. The van der Waals surface area contributed by atoms with Crippen molar-refractivity contribution in [3.8, 4) is 5.75 Å². The summed E-state index contributed by atoms with van der Waals surface area (Å²) in [5, 5.41) is 2.84. The molecule has 0 saturated heterocycles. The molecule has 0 radical (unpaired) electrons. The zero-order chi connectivity index (χ0) is 17.7. The van der Waals surface area contributed by atoms with E-state index in [2.05, 4.69) is 18.3 Å². The molecule has 1 saturated carbocycles. The molecular formula is C19H28N2O3. The second-order valence-electron chi connectivity index (χ2n) is 6.85. The van der Waals surface area contributed by atoms with Gasteiger partial charge >= 0.3 is 0 Å². The molecule has 0 bridgehead atoms. The third kappa shape index (κ3) is 5.55. The first kappa shape index (κ1) is 18.3.